The first-order valence-electron chi connectivity index (χ1n) is 6.66. The minimum absolute atomic E-state index is 0.325. The number of rotatable bonds is 6. The minimum atomic E-state index is 0.325. The molecular formula is C16H16Cl3NO. The predicted octanol–water partition coefficient (Wildman–Crippen LogP) is 5.34. The Morgan fingerprint density at radius 3 is 2.57 bits per heavy atom. The van der Waals surface area contributed by atoms with E-state index in [1.807, 2.05) is 30.3 Å². The van der Waals surface area contributed by atoms with Gasteiger partial charge in [-0.05, 0) is 30.3 Å². The molecule has 0 aliphatic rings. The lowest BCUT2D eigenvalue weighted by Crippen LogP contribution is -2.11. The monoisotopic (exact) mass is 343 g/mol. The van der Waals surface area contributed by atoms with Crippen molar-refractivity contribution < 1.29 is 4.74 Å². The number of hydrogen-bond donors (Lipinski definition) is 1. The van der Waals surface area contributed by atoms with Crippen LogP contribution in [0.3, 0.4) is 0 Å². The van der Waals surface area contributed by atoms with Crippen molar-refractivity contribution in [2.45, 2.75) is 20.1 Å². The molecule has 0 unspecified atom stereocenters. The van der Waals surface area contributed by atoms with Crippen molar-refractivity contribution in [3.05, 3.63) is 62.6 Å². The first-order chi connectivity index (χ1) is 10.1. The zero-order chi connectivity index (χ0) is 15.2. The Kier molecular flexibility index (Phi) is 6.19. The number of halogens is 3. The Bertz CT molecular complexity index is 616. The Morgan fingerprint density at radius 1 is 1.05 bits per heavy atom. The average Bonchev–Trinajstić information content (AvgIpc) is 2.48. The van der Waals surface area contributed by atoms with Crippen molar-refractivity contribution in [3.8, 4) is 5.75 Å². The molecule has 0 heterocycles. The second-order valence-corrected chi connectivity index (χ2v) is 5.74. The molecule has 0 aliphatic heterocycles. The van der Waals surface area contributed by atoms with E-state index in [1.165, 1.54) is 0 Å². The van der Waals surface area contributed by atoms with Crippen LogP contribution >= 0.6 is 34.8 Å². The van der Waals surface area contributed by atoms with Crippen LogP contribution in [0, 0.1) is 0 Å². The second-order valence-electron chi connectivity index (χ2n) is 4.55. The molecule has 0 bridgehead atoms. The van der Waals surface area contributed by atoms with Gasteiger partial charge >= 0.3 is 0 Å². The summed E-state index contributed by atoms with van der Waals surface area (Å²) in [4.78, 5) is 0. The Morgan fingerprint density at radius 2 is 1.86 bits per heavy atom. The van der Waals surface area contributed by atoms with Gasteiger partial charge in [-0.3, -0.25) is 0 Å². The largest absolute Gasteiger partial charge is 0.487 e. The lowest BCUT2D eigenvalue weighted by atomic mass is 10.2. The van der Waals surface area contributed by atoms with E-state index in [1.54, 1.807) is 6.07 Å². The summed E-state index contributed by atoms with van der Waals surface area (Å²) in [6.07, 6.45) is 0. The van der Waals surface area contributed by atoms with Crippen molar-refractivity contribution in [2.24, 2.45) is 0 Å². The molecule has 0 radical (unpaired) electrons. The molecule has 0 amide bonds. The van der Waals surface area contributed by atoms with Gasteiger partial charge in [0.25, 0.3) is 0 Å². The highest BCUT2D eigenvalue weighted by Gasteiger charge is 2.07. The minimum Gasteiger partial charge on any atom is -0.487 e. The van der Waals surface area contributed by atoms with Crippen molar-refractivity contribution in [1.29, 1.82) is 0 Å². The fraction of sp³-hybridized carbons (Fsp3) is 0.250. The van der Waals surface area contributed by atoms with Gasteiger partial charge in [-0.15, -0.1) is 0 Å². The first kappa shape index (κ1) is 16.4. The molecule has 0 spiro atoms. The van der Waals surface area contributed by atoms with Gasteiger partial charge in [-0.1, -0.05) is 59.9 Å². The second kappa shape index (κ2) is 7.90. The maximum atomic E-state index is 6.23. The molecule has 0 saturated carbocycles. The maximum absolute atomic E-state index is 6.23. The van der Waals surface area contributed by atoms with E-state index in [-0.39, 0.29) is 0 Å². The first-order valence-corrected chi connectivity index (χ1v) is 7.80. The molecule has 1 N–H and O–H groups in total. The maximum Gasteiger partial charge on any atom is 0.138 e. The fourth-order valence-electron chi connectivity index (χ4n) is 1.86. The van der Waals surface area contributed by atoms with Crippen molar-refractivity contribution in [3.63, 3.8) is 0 Å². The molecule has 0 aliphatic carbocycles. The summed E-state index contributed by atoms with van der Waals surface area (Å²) in [5.74, 6) is 0.632. The van der Waals surface area contributed by atoms with E-state index < -0.39 is 0 Å². The third kappa shape index (κ3) is 4.52. The van der Waals surface area contributed by atoms with Crippen LogP contribution in [-0.2, 0) is 13.2 Å². The Balaban J connectivity index is 2.04. The van der Waals surface area contributed by atoms with Crippen LogP contribution in [0.25, 0.3) is 0 Å². The van der Waals surface area contributed by atoms with Gasteiger partial charge in [0.1, 0.15) is 12.4 Å². The summed E-state index contributed by atoms with van der Waals surface area (Å²) in [7, 11) is 0. The molecule has 0 atom stereocenters. The van der Waals surface area contributed by atoms with Crippen LogP contribution in [0.2, 0.25) is 15.1 Å². The average molecular weight is 345 g/mol. The van der Waals surface area contributed by atoms with E-state index in [2.05, 4.69) is 12.2 Å². The molecule has 2 aromatic carbocycles. The van der Waals surface area contributed by atoms with Gasteiger partial charge in [0.2, 0.25) is 0 Å². The summed E-state index contributed by atoms with van der Waals surface area (Å²) < 4.78 is 5.72. The molecule has 112 valence electrons. The molecule has 0 saturated heterocycles. The van der Waals surface area contributed by atoms with Crippen molar-refractivity contribution >= 4 is 34.8 Å². The molecule has 5 heteroatoms. The quantitative estimate of drug-likeness (QED) is 0.764. The zero-order valence-electron chi connectivity index (χ0n) is 11.6. The van der Waals surface area contributed by atoms with E-state index in [9.17, 15) is 0 Å². The third-order valence-corrected chi connectivity index (χ3v) is 4.14. The van der Waals surface area contributed by atoms with Gasteiger partial charge < -0.3 is 10.1 Å². The van der Waals surface area contributed by atoms with Crippen LogP contribution in [0.4, 0.5) is 0 Å². The smallest absolute Gasteiger partial charge is 0.138 e. The normalized spacial score (nSPS) is 10.7. The van der Waals surface area contributed by atoms with Crippen LogP contribution < -0.4 is 10.1 Å². The highest BCUT2D eigenvalue weighted by atomic mass is 35.5. The van der Waals surface area contributed by atoms with Gasteiger partial charge in [-0.25, -0.2) is 0 Å². The summed E-state index contributed by atoms with van der Waals surface area (Å²) >= 11 is 18.3. The number of benzene rings is 2. The van der Waals surface area contributed by atoms with Crippen molar-refractivity contribution in [2.75, 3.05) is 6.54 Å². The number of ether oxygens (including phenoxy) is 1. The van der Waals surface area contributed by atoms with Crippen molar-refractivity contribution in [1.82, 2.24) is 5.32 Å². The molecule has 2 rings (SSSR count). The number of nitrogens with one attached hydrogen (secondary N) is 1. The van der Waals surface area contributed by atoms with Gasteiger partial charge in [0.05, 0.1) is 15.1 Å². The predicted molar refractivity (Wildman–Crippen MR) is 89.6 cm³/mol. The van der Waals surface area contributed by atoms with Gasteiger partial charge in [-0.2, -0.15) is 0 Å². The molecule has 2 nitrogen and oxygen atoms in total. The van der Waals surface area contributed by atoms with Crippen LogP contribution in [0.1, 0.15) is 18.1 Å². The highest BCUT2D eigenvalue weighted by Crippen LogP contribution is 2.29. The highest BCUT2D eigenvalue weighted by molar-refractivity contribution is 6.42. The van der Waals surface area contributed by atoms with Crippen LogP contribution in [-0.4, -0.2) is 6.54 Å². The Labute approximate surface area is 140 Å². The molecule has 0 aromatic heterocycles. The van der Waals surface area contributed by atoms with E-state index in [0.717, 1.165) is 24.2 Å². The van der Waals surface area contributed by atoms with E-state index in [4.69, 9.17) is 39.5 Å². The summed E-state index contributed by atoms with van der Waals surface area (Å²) in [5.41, 5.74) is 1.95. The van der Waals surface area contributed by atoms with E-state index in [0.29, 0.717) is 27.4 Å². The lowest BCUT2D eigenvalue weighted by Gasteiger charge is -2.11. The zero-order valence-corrected chi connectivity index (χ0v) is 13.9. The summed E-state index contributed by atoms with van der Waals surface area (Å²) in [5, 5.41) is 4.87. The summed E-state index contributed by atoms with van der Waals surface area (Å²) in [6.45, 7) is 4.10. The third-order valence-electron chi connectivity index (χ3n) is 2.99. The SMILES string of the molecule is CCNCc1ccc(OCc2cccc(Cl)c2Cl)c(Cl)c1. The molecule has 21 heavy (non-hydrogen) atoms. The van der Waals surface area contributed by atoms with Gasteiger partial charge in [0.15, 0.2) is 0 Å². The summed E-state index contributed by atoms with van der Waals surface area (Å²) in [6, 6.07) is 11.2. The molecule has 2 aromatic rings. The van der Waals surface area contributed by atoms with Gasteiger partial charge in [0, 0.05) is 12.1 Å². The Hall–Kier alpha value is -0.930. The lowest BCUT2D eigenvalue weighted by molar-refractivity contribution is 0.306. The molecular weight excluding hydrogens is 329 g/mol. The standard InChI is InChI=1S/C16H16Cl3NO/c1-2-20-9-11-6-7-15(14(18)8-11)21-10-12-4-3-5-13(17)16(12)19/h3-8,20H,2,9-10H2,1H3. The van der Waals surface area contributed by atoms with E-state index >= 15 is 0 Å². The number of hydrogen-bond acceptors (Lipinski definition) is 2. The molecule has 0 fully saturated rings. The fourth-order valence-corrected chi connectivity index (χ4v) is 2.49. The van der Waals surface area contributed by atoms with Crippen LogP contribution in [0.15, 0.2) is 36.4 Å². The van der Waals surface area contributed by atoms with Crippen LogP contribution in [0.5, 0.6) is 5.75 Å². The topological polar surface area (TPSA) is 21.3 Å².